The van der Waals surface area contributed by atoms with E-state index in [2.05, 4.69) is 11.9 Å². The van der Waals surface area contributed by atoms with Crippen LogP contribution >= 0.6 is 0 Å². The fourth-order valence-corrected chi connectivity index (χ4v) is 4.39. The van der Waals surface area contributed by atoms with Crippen LogP contribution in [0.3, 0.4) is 0 Å². The van der Waals surface area contributed by atoms with Crippen LogP contribution in [0, 0.1) is 0 Å². The molecular weight excluding hydrogens is 338 g/mol. The van der Waals surface area contributed by atoms with Crippen LogP contribution in [0.1, 0.15) is 37.2 Å². The lowest BCUT2D eigenvalue weighted by Crippen LogP contribution is -2.44. The van der Waals surface area contributed by atoms with E-state index in [-0.39, 0.29) is 18.7 Å². The Kier molecular flexibility index (Phi) is 5.44. The van der Waals surface area contributed by atoms with Gasteiger partial charge in [0.15, 0.2) is 0 Å². The maximum Gasteiger partial charge on any atom is 0.317 e. The second-order valence-corrected chi connectivity index (χ2v) is 7.67. The molecule has 0 N–H and O–H groups in total. The molecule has 4 heteroatoms. The van der Waals surface area contributed by atoms with E-state index in [0.717, 1.165) is 24.2 Å². The highest BCUT2D eigenvalue weighted by Crippen LogP contribution is 2.36. The van der Waals surface area contributed by atoms with E-state index in [0.29, 0.717) is 12.1 Å². The van der Waals surface area contributed by atoms with Crippen molar-refractivity contribution in [1.82, 2.24) is 4.90 Å². The molecule has 2 aromatic rings. The number of carbonyl (C=O) groups excluding carboxylic acids is 1. The van der Waals surface area contributed by atoms with E-state index in [9.17, 15) is 4.79 Å². The van der Waals surface area contributed by atoms with Crippen molar-refractivity contribution >= 4 is 5.97 Å². The number of esters is 1. The van der Waals surface area contributed by atoms with E-state index >= 15 is 0 Å². The van der Waals surface area contributed by atoms with Crippen LogP contribution in [0.5, 0.6) is 5.75 Å². The van der Waals surface area contributed by atoms with Gasteiger partial charge in [-0.1, -0.05) is 48.5 Å². The smallest absolute Gasteiger partial charge is 0.317 e. The van der Waals surface area contributed by atoms with Gasteiger partial charge >= 0.3 is 5.97 Å². The minimum atomic E-state index is -0.413. The molecular formula is C23H27NO3. The number of carbonyl (C=O) groups is 1. The Morgan fingerprint density at radius 1 is 1.00 bits per heavy atom. The summed E-state index contributed by atoms with van der Waals surface area (Å²) < 4.78 is 11.9. The first-order valence-corrected chi connectivity index (χ1v) is 9.86. The highest BCUT2D eigenvalue weighted by Gasteiger charge is 2.40. The molecule has 2 bridgehead atoms. The van der Waals surface area contributed by atoms with Gasteiger partial charge in [-0.2, -0.15) is 0 Å². The van der Waals surface area contributed by atoms with Gasteiger partial charge in [-0.15, -0.1) is 0 Å². The van der Waals surface area contributed by atoms with Crippen molar-refractivity contribution in [3.8, 4) is 5.75 Å². The number of hydrogen-bond donors (Lipinski definition) is 0. The first-order chi connectivity index (χ1) is 13.2. The zero-order valence-electron chi connectivity index (χ0n) is 15.8. The van der Waals surface area contributed by atoms with Crippen LogP contribution in [0.15, 0.2) is 60.7 Å². The Morgan fingerprint density at radius 2 is 1.59 bits per heavy atom. The molecule has 4 nitrogen and oxygen atoms in total. The summed E-state index contributed by atoms with van der Waals surface area (Å²) in [5.74, 6) is 0.179. The molecule has 2 saturated heterocycles. The van der Waals surface area contributed by atoms with Gasteiger partial charge < -0.3 is 14.4 Å². The standard InChI is InChI=1S/C23H27NO3/c1-24-18-12-13-19(24)15-21(14-18)27-23(25)22(17-8-4-2-5-9-17)16-26-20-10-6-3-7-11-20/h2-11,18-19,21-22H,12-16H2,1H3/t18-,19+,21+,22?. The maximum absolute atomic E-state index is 13.0. The second-order valence-electron chi connectivity index (χ2n) is 7.67. The number of benzene rings is 2. The van der Waals surface area contributed by atoms with Crippen molar-refractivity contribution in [3.05, 3.63) is 66.2 Å². The summed E-state index contributed by atoms with van der Waals surface area (Å²) in [6.45, 7) is 0.284. The third-order valence-corrected chi connectivity index (χ3v) is 5.98. The molecule has 4 rings (SSSR count). The Morgan fingerprint density at radius 3 is 2.22 bits per heavy atom. The van der Waals surface area contributed by atoms with Crippen LogP contribution in [0.4, 0.5) is 0 Å². The predicted octanol–water partition coefficient (Wildman–Crippen LogP) is 4.02. The number of piperidine rings is 1. The van der Waals surface area contributed by atoms with E-state index in [1.54, 1.807) is 0 Å². The predicted molar refractivity (Wildman–Crippen MR) is 105 cm³/mol. The molecule has 1 unspecified atom stereocenters. The first-order valence-electron chi connectivity index (χ1n) is 9.86. The minimum absolute atomic E-state index is 0.0223. The van der Waals surface area contributed by atoms with Crippen LogP contribution < -0.4 is 4.74 Å². The van der Waals surface area contributed by atoms with Gasteiger partial charge in [-0.3, -0.25) is 4.79 Å². The van der Waals surface area contributed by atoms with E-state index in [1.165, 1.54) is 12.8 Å². The fraction of sp³-hybridized carbons (Fsp3) is 0.435. The number of rotatable bonds is 6. The van der Waals surface area contributed by atoms with Crippen LogP contribution in [-0.2, 0) is 9.53 Å². The van der Waals surface area contributed by atoms with Crippen molar-refractivity contribution in [2.24, 2.45) is 0 Å². The Labute approximate surface area is 161 Å². The molecule has 0 radical (unpaired) electrons. The summed E-state index contributed by atoms with van der Waals surface area (Å²) in [7, 11) is 2.20. The normalized spacial score (nSPS) is 25.7. The molecule has 4 atom stereocenters. The molecule has 0 amide bonds. The van der Waals surface area contributed by atoms with Crippen molar-refractivity contribution in [2.75, 3.05) is 13.7 Å². The van der Waals surface area contributed by atoms with Gasteiger partial charge in [-0.05, 0) is 50.4 Å². The monoisotopic (exact) mass is 365 g/mol. The number of nitrogens with zero attached hydrogens (tertiary/aromatic N) is 1. The van der Waals surface area contributed by atoms with Gasteiger partial charge in [-0.25, -0.2) is 0 Å². The Balaban J connectivity index is 1.44. The lowest BCUT2D eigenvalue weighted by molar-refractivity contribution is -0.155. The SMILES string of the molecule is CN1[C@@H]2CC[C@H]1C[C@@H](OC(=O)C(COc1ccccc1)c1ccccc1)C2. The van der Waals surface area contributed by atoms with Crippen LogP contribution in [0.2, 0.25) is 0 Å². The first kappa shape index (κ1) is 18.1. The molecule has 0 spiro atoms. The number of fused-ring (bicyclic) bond motifs is 2. The lowest BCUT2D eigenvalue weighted by Gasteiger charge is -2.36. The van der Waals surface area contributed by atoms with Crippen LogP contribution in [-0.4, -0.2) is 42.7 Å². The van der Waals surface area contributed by atoms with Gasteiger partial charge in [0.1, 0.15) is 24.4 Å². The zero-order chi connectivity index (χ0) is 18.6. The fourth-order valence-electron chi connectivity index (χ4n) is 4.39. The van der Waals surface area contributed by atoms with Gasteiger partial charge in [0.05, 0.1) is 0 Å². The summed E-state index contributed by atoms with van der Waals surface area (Å²) in [5.41, 5.74) is 0.939. The Bertz CT molecular complexity index is 735. The van der Waals surface area contributed by atoms with Crippen molar-refractivity contribution < 1.29 is 14.3 Å². The topological polar surface area (TPSA) is 38.8 Å². The molecule has 27 heavy (non-hydrogen) atoms. The van der Waals surface area contributed by atoms with Gasteiger partial charge in [0, 0.05) is 12.1 Å². The molecule has 2 heterocycles. The molecule has 2 aromatic carbocycles. The van der Waals surface area contributed by atoms with Crippen molar-refractivity contribution in [2.45, 2.75) is 49.8 Å². The average Bonchev–Trinajstić information content (AvgIpc) is 2.91. The molecule has 0 aliphatic carbocycles. The number of ether oxygens (including phenoxy) is 2. The molecule has 2 fully saturated rings. The molecule has 0 saturated carbocycles. The van der Waals surface area contributed by atoms with Crippen molar-refractivity contribution in [1.29, 1.82) is 0 Å². The minimum Gasteiger partial charge on any atom is -0.492 e. The van der Waals surface area contributed by atoms with E-state index < -0.39 is 5.92 Å². The summed E-state index contributed by atoms with van der Waals surface area (Å²) >= 11 is 0. The summed E-state index contributed by atoms with van der Waals surface area (Å²) in [4.78, 5) is 15.5. The third kappa shape index (κ3) is 4.16. The lowest BCUT2D eigenvalue weighted by atomic mass is 9.98. The van der Waals surface area contributed by atoms with E-state index in [4.69, 9.17) is 9.47 Å². The molecule has 2 aliphatic rings. The molecule has 0 aromatic heterocycles. The second kappa shape index (κ2) is 8.13. The molecule has 142 valence electrons. The summed E-state index contributed by atoms with van der Waals surface area (Å²) in [6.07, 6.45) is 4.34. The van der Waals surface area contributed by atoms with Gasteiger partial charge in [0.2, 0.25) is 0 Å². The van der Waals surface area contributed by atoms with Gasteiger partial charge in [0.25, 0.3) is 0 Å². The maximum atomic E-state index is 13.0. The molecule has 2 aliphatic heterocycles. The van der Waals surface area contributed by atoms with Crippen LogP contribution in [0.25, 0.3) is 0 Å². The largest absolute Gasteiger partial charge is 0.492 e. The third-order valence-electron chi connectivity index (χ3n) is 5.98. The van der Waals surface area contributed by atoms with Crippen molar-refractivity contribution in [3.63, 3.8) is 0 Å². The van der Waals surface area contributed by atoms with E-state index in [1.807, 2.05) is 60.7 Å². The number of hydrogen-bond acceptors (Lipinski definition) is 4. The zero-order valence-corrected chi connectivity index (χ0v) is 15.8. The highest BCUT2D eigenvalue weighted by atomic mass is 16.5. The quantitative estimate of drug-likeness (QED) is 0.725. The highest BCUT2D eigenvalue weighted by molar-refractivity contribution is 5.78. The number of para-hydroxylation sites is 1. The summed E-state index contributed by atoms with van der Waals surface area (Å²) in [6, 6.07) is 20.5. The average molecular weight is 365 g/mol. The summed E-state index contributed by atoms with van der Waals surface area (Å²) in [5, 5.41) is 0. The Hall–Kier alpha value is -2.33.